The van der Waals surface area contributed by atoms with E-state index in [4.69, 9.17) is 0 Å². The van der Waals surface area contributed by atoms with E-state index in [1.165, 1.54) is 0 Å². The zero-order chi connectivity index (χ0) is 16.7. The molecule has 1 fully saturated rings. The Hall–Kier alpha value is -0.690. The SMILES string of the molecule is CC(C)C(C)NC(=O)CN(C)CC(O)CN1CCN(C)CC1. The molecule has 22 heavy (non-hydrogen) atoms. The second-order valence-electron chi connectivity index (χ2n) is 7.05. The highest BCUT2D eigenvalue weighted by molar-refractivity contribution is 5.78. The van der Waals surface area contributed by atoms with Crippen molar-refractivity contribution in [1.82, 2.24) is 20.0 Å². The number of nitrogens with zero attached hydrogens (tertiary/aromatic N) is 3. The summed E-state index contributed by atoms with van der Waals surface area (Å²) >= 11 is 0. The summed E-state index contributed by atoms with van der Waals surface area (Å²) in [6, 6.07) is 0.177. The average molecular weight is 314 g/mol. The van der Waals surface area contributed by atoms with Crippen LogP contribution in [0.25, 0.3) is 0 Å². The zero-order valence-electron chi connectivity index (χ0n) is 14.9. The molecule has 1 amide bonds. The van der Waals surface area contributed by atoms with Crippen LogP contribution < -0.4 is 5.32 Å². The van der Waals surface area contributed by atoms with Crippen molar-refractivity contribution in [3.63, 3.8) is 0 Å². The molecule has 1 saturated heterocycles. The van der Waals surface area contributed by atoms with Gasteiger partial charge in [-0.25, -0.2) is 0 Å². The first kappa shape index (κ1) is 19.4. The maximum absolute atomic E-state index is 11.9. The molecular weight excluding hydrogens is 280 g/mol. The molecule has 1 rings (SSSR count). The van der Waals surface area contributed by atoms with Crippen LogP contribution in [0.15, 0.2) is 0 Å². The van der Waals surface area contributed by atoms with Gasteiger partial charge in [0.25, 0.3) is 0 Å². The summed E-state index contributed by atoms with van der Waals surface area (Å²) in [6.45, 7) is 11.9. The number of hydrogen-bond donors (Lipinski definition) is 2. The number of carbonyl (C=O) groups is 1. The van der Waals surface area contributed by atoms with Gasteiger partial charge >= 0.3 is 0 Å². The molecule has 130 valence electrons. The van der Waals surface area contributed by atoms with Gasteiger partial charge in [-0.05, 0) is 26.9 Å². The summed E-state index contributed by atoms with van der Waals surface area (Å²) in [5.41, 5.74) is 0. The first-order valence-corrected chi connectivity index (χ1v) is 8.34. The second-order valence-corrected chi connectivity index (χ2v) is 7.05. The largest absolute Gasteiger partial charge is 0.390 e. The molecular formula is C16H34N4O2. The minimum absolute atomic E-state index is 0.0236. The number of rotatable bonds is 8. The molecule has 1 heterocycles. The van der Waals surface area contributed by atoms with Gasteiger partial charge in [-0.3, -0.25) is 14.6 Å². The van der Waals surface area contributed by atoms with Gasteiger partial charge in [0.1, 0.15) is 0 Å². The maximum Gasteiger partial charge on any atom is 0.234 e. The number of hydrogen-bond acceptors (Lipinski definition) is 5. The first-order valence-electron chi connectivity index (χ1n) is 8.34. The first-order chi connectivity index (χ1) is 10.3. The molecule has 6 heteroatoms. The molecule has 1 aliphatic heterocycles. The normalized spacial score (nSPS) is 20.4. The van der Waals surface area contributed by atoms with E-state index in [9.17, 15) is 9.90 Å². The second kappa shape index (κ2) is 9.45. The van der Waals surface area contributed by atoms with E-state index in [-0.39, 0.29) is 11.9 Å². The van der Waals surface area contributed by atoms with Crippen LogP contribution in [-0.4, -0.2) is 97.8 Å². The quantitative estimate of drug-likeness (QED) is 0.643. The molecule has 2 N–H and O–H groups in total. The maximum atomic E-state index is 11.9. The van der Waals surface area contributed by atoms with E-state index in [2.05, 4.69) is 36.0 Å². The Balaban J connectivity index is 2.23. The Morgan fingerprint density at radius 1 is 1.23 bits per heavy atom. The van der Waals surface area contributed by atoms with Gasteiger partial charge in [-0.1, -0.05) is 13.8 Å². The summed E-state index contributed by atoms with van der Waals surface area (Å²) in [4.78, 5) is 18.4. The molecule has 1 aliphatic rings. The number of piperazine rings is 1. The fraction of sp³-hybridized carbons (Fsp3) is 0.938. The lowest BCUT2D eigenvalue weighted by molar-refractivity contribution is -0.123. The van der Waals surface area contributed by atoms with Crippen LogP contribution in [0.1, 0.15) is 20.8 Å². The number of aliphatic hydroxyl groups excluding tert-OH is 1. The predicted molar refractivity (Wildman–Crippen MR) is 89.9 cm³/mol. The highest BCUT2D eigenvalue weighted by Crippen LogP contribution is 2.02. The van der Waals surface area contributed by atoms with Crippen molar-refractivity contribution < 1.29 is 9.90 Å². The molecule has 0 spiro atoms. The summed E-state index contributed by atoms with van der Waals surface area (Å²) < 4.78 is 0. The molecule has 2 unspecified atom stereocenters. The van der Waals surface area contributed by atoms with Gasteiger partial charge < -0.3 is 15.3 Å². The van der Waals surface area contributed by atoms with E-state index in [1.54, 1.807) is 0 Å². The molecule has 0 saturated carbocycles. The van der Waals surface area contributed by atoms with Gasteiger partial charge in [0.05, 0.1) is 12.6 Å². The number of amides is 1. The number of aliphatic hydroxyl groups is 1. The Labute approximate surface area is 135 Å². The number of β-amino-alcohol motifs (C(OH)–C–C–N with tert-alkyl or cyclic N) is 1. The van der Waals surface area contributed by atoms with Crippen molar-refractivity contribution in [3.05, 3.63) is 0 Å². The fourth-order valence-corrected chi connectivity index (χ4v) is 2.52. The lowest BCUT2D eigenvalue weighted by Gasteiger charge is -2.34. The third-order valence-corrected chi connectivity index (χ3v) is 4.39. The van der Waals surface area contributed by atoms with E-state index < -0.39 is 6.10 Å². The van der Waals surface area contributed by atoms with Crippen LogP contribution in [0, 0.1) is 5.92 Å². The van der Waals surface area contributed by atoms with Crippen LogP contribution in [0.3, 0.4) is 0 Å². The molecule has 0 aliphatic carbocycles. The third kappa shape index (κ3) is 7.54. The van der Waals surface area contributed by atoms with Gasteiger partial charge in [0.2, 0.25) is 5.91 Å². The minimum Gasteiger partial charge on any atom is -0.390 e. The van der Waals surface area contributed by atoms with Gasteiger partial charge in [0, 0.05) is 45.3 Å². The van der Waals surface area contributed by atoms with Crippen molar-refractivity contribution >= 4 is 5.91 Å². The predicted octanol–water partition coefficient (Wildman–Crippen LogP) is -0.313. The summed E-state index contributed by atoms with van der Waals surface area (Å²) in [6.07, 6.45) is -0.413. The third-order valence-electron chi connectivity index (χ3n) is 4.39. The standard InChI is InChI=1S/C16H34N4O2/c1-13(2)14(3)17-16(22)12-19(5)10-15(21)11-20-8-6-18(4)7-9-20/h13-15,21H,6-12H2,1-5H3,(H,17,22). The van der Waals surface area contributed by atoms with E-state index in [0.29, 0.717) is 25.6 Å². The van der Waals surface area contributed by atoms with Crippen LogP contribution in [0.5, 0.6) is 0 Å². The minimum atomic E-state index is -0.413. The average Bonchev–Trinajstić information content (AvgIpc) is 2.40. The van der Waals surface area contributed by atoms with Crippen LogP contribution in [-0.2, 0) is 4.79 Å². The zero-order valence-corrected chi connectivity index (χ0v) is 14.9. The Kier molecular flexibility index (Phi) is 8.31. The topological polar surface area (TPSA) is 59.1 Å². The summed E-state index contributed by atoms with van der Waals surface area (Å²) in [7, 11) is 4.01. The summed E-state index contributed by atoms with van der Waals surface area (Å²) in [5.74, 6) is 0.451. The smallest absolute Gasteiger partial charge is 0.234 e. The number of likely N-dealkylation sites (N-methyl/N-ethyl adjacent to an activating group) is 2. The van der Waals surface area contributed by atoms with E-state index in [1.807, 2.05) is 18.9 Å². The van der Waals surface area contributed by atoms with Crippen LogP contribution in [0.4, 0.5) is 0 Å². The monoisotopic (exact) mass is 314 g/mol. The van der Waals surface area contributed by atoms with Gasteiger partial charge in [-0.2, -0.15) is 0 Å². The van der Waals surface area contributed by atoms with E-state index in [0.717, 1.165) is 26.2 Å². The van der Waals surface area contributed by atoms with Crippen molar-refractivity contribution in [2.75, 3.05) is 59.9 Å². The molecule has 6 nitrogen and oxygen atoms in total. The number of carbonyl (C=O) groups excluding carboxylic acids is 1. The van der Waals surface area contributed by atoms with Crippen molar-refractivity contribution in [3.8, 4) is 0 Å². The molecule has 0 aromatic rings. The lowest BCUT2D eigenvalue weighted by Crippen LogP contribution is -2.49. The molecule has 0 bridgehead atoms. The van der Waals surface area contributed by atoms with E-state index >= 15 is 0 Å². The Morgan fingerprint density at radius 2 is 1.82 bits per heavy atom. The molecule has 0 aromatic heterocycles. The lowest BCUT2D eigenvalue weighted by atomic mass is 10.1. The van der Waals surface area contributed by atoms with Crippen LogP contribution in [0.2, 0.25) is 0 Å². The van der Waals surface area contributed by atoms with Crippen molar-refractivity contribution in [2.45, 2.75) is 32.9 Å². The molecule has 2 atom stereocenters. The van der Waals surface area contributed by atoms with Crippen molar-refractivity contribution in [1.29, 1.82) is 0 Å². The Bertz CT molecular complexity index is 330. The molecule has 0 radical (unpaired) electrons. The highest BCUT2D eigenvalue weighted by Gasteiger charge is 2.19. The van der Waals surface area contributed by atoms with Gasteiger partial charge in [0.15, 0.2) is 0 Å². The van der Waals surface area contributed by atoms with Gasteiger partial charge in [-0.15, -0.1) is 0 Å². The fourth-order valence-electron chi connectivity index (χ4n) is 2.52. The molecule has 0 aromatic carbocycles. The highest BCUT2D eigenvalue weighted by atomic mass is 16.3. The Morgan fingerprint density at radius 3 is 2.36 bits per heavy atom. The van der Waals surface area contributed by atoms with Crippen LogP contribution >= 0.6 is 0 Å². The van der Waals surface area contributed by atoms with Crippen molar-refractivity contribution in [2.24, 2.45) is 5.92 Å². The number of nitrogens with one attached hydrogen (secondary N) is 1. The summed E-state index contributed by atoms with van der Waals surface area (Å²) in [5, 5.41) is 13.2.